The SMILES string of the molecule is O=S(=O)(c1ccccc1)n1c(-c2cccs2)cc2ccccc21. The minimum Gasteiger partial charge on any atom is -0.232 e. The molecule has 4 aromatic rings. The van der Waals surface area contributed by atoms with Crippen molar-refractivity contribution < 1.29 is 8.42 Å². The van der Waals surface area contributed by atoms with E-state index >= 15 is 0 Å². The van der Waals surface area contributed by atoms with E-state index in [4.69, 9.17) is 0 Å². The van der Waals surface area contributed by atoms with Crippen molar-refractivity contribution in [1.29, 1.82) is 0 Å². The van der Waals surface area contributed by atoms with E-state index in [1.54, 1.807) is 24.3 Å². The van der Waals surface area contributed by atoms with Gasteiger partial charge in [0.2, 0.25) is 0 Å². The van der Waals surface area contributed by atoms with Crippen molar-refractivity contribution in [3.8, 4) is 10.6 Å². The predicted octanol–water partition coefficient (Wildman–Crippen LogP) is 4.61. The second-order valence-corrected chi connectivity index (χ2v) is 7.88. The van der Waals surface area contributed by atoms with Crippen LogP contribution >= 0.6 is 11.3 Å². The monoisotopic (exact) mass is 339 g/mol. The smallest absolute Gasteiger partial charge is 0.232 e. The lowest BCUT2D eigenvalue weighted by molar-refractivity contribution is 0.589. The van der Waals surface area contributed by atoms with Gasteiger partial charge in [0.1, 0.15) is 0 Å². The van der Waals surface area contributed by atoms with Crippen molar-refractivity contribution in [1.82, 2.24) is 3.97 Å². The first-order valence-corrected chi connectivity index (χ1v) is 9.45. The molecule has 0 aliphatic carbocycles. The normalized spacial score (nSPS) is 11.8. The third kappa shape index (κ3) is 2.29. The highest BCUT2D eigenvalue weighted by atomic mass is 32.2. The first-order chi connectivity index (χ1) is 11.2. The van der Waals surface area contributed by atoms with Gasteiger partial charge in [-0.3, -0.25) is 0 Å². The molecule has 0 saturated carbocycles. The minimum atomic E-state index is -3.66. The van der Waals surface area contributed by atoms with E-state index in [1.165, 1.54) is 15.3 Å². The third-order valence-corrected chi connectivity index (χ3v) is 6.36. The van der Waals surface area contributed by atoms with Gasteiger partial charge in [-0.05, 0) is 35.7 Å². The van der Waals surface area contributed by atoms with Crippen LogP contribution in [0.1, 0.15) is 0 Å². The van der Waals surface area contributed by atoms with Crippen LogP contribution in [-0.4, -0.2) is 12.4 Å². The summed E-state index contributed by atoms with van der Waals surface area (Å²) in [6.45, 7) is 0. The maximum Gasteiger partial charge on any atom is 0.268 e. The summed E-state index contributed by atoms with van der Waals surface area (Å²) in [5, 5.41) is 2.86. The Labute approximate surface area is 138 Å². The summed E-state index contributed by atoms with van der Waals surface area (Å²) in [7, 11) is -3.66. The van der Waals surface area contributed by atoms with Gasteiger partial charge in [-0.15, -0.1) is 11.3 Å². The van der Waals surface area contributed by atoms with E-state index in [0.717, 1.165) is 10.3 Å². The number of aromatic nitrogens is 1. The van der Waals surface area contributed by atoms with Gasteiger partial charge < -0.3 is 0 Å². The van der Waals surface area contributed by atoms with Crippen LogP contribution in [0.25, 0.3) is 21.5 Å². The summed E-state index contributed by atoms with van der Waals surface area (Å²) < 4.78 is 27.8. The number of nitrogens with zero attached hydrogens (tertiary/aromatic N) is 1. The zero-order valence-electron chi connectivity index (χ0n) is 12.1. The Morgan fingerprint density at radius 2 is 1.57 bits per heavy atom. The van der Waals surface area contributed by atoms with Gasteiger partial charge in [-0.2, -0.15) is 0 Å². The standard InChI is InChI=1S/C18H13NO2S2/c20-23(21,15-8-2-1-3-9-15)19-16-10-5-4-7-14(16)13-17(19)18-11-6-12-22-18/h1-13H. The second-order valence-electron chi connectivity index (χ2n) is 5.15. The van der Waals surface area contributed by atoms with E-state index in [-0.39, 0.29) is 0 Å². The summed E-state index contributed by atoms with van der Waals surface area (Å²) in [6, 6.07) is 21.9. The van der Waals surface area contributed by atoms with Crippen molar-refractivity contribution in [2.24, 2.45) is 0 Å². The molecule has 2 aromatic heterocycles. The van der Waals surface area contributed by atoms with Crippen molar-refractivity contribution in [3.63, 3.8) is 0 Å². The minimum absolute atomic E-state index is 0.291. The fourth-order valence-electron chi connectivity index (χ4n) is 2.68. The Morgan fingerprint density at radius 1 is 0.826 bits per heavy atom. The quantitative estimate of drug-likeness (QED) is 0.547. The largest absolute Gasteiger partial charge is 0.268 e. The number of thiophene rings is 1. The van der Waals surface area contributed by atoms with Crippen LogP contribution in [0.4, 0.5) is 0 Å². The number of hydrogen-bond acceptors (Lipinski definition) is 3. The molecule has 2 aromatic carbocycles. The van der Waals surface area contributed by atoms with Gasteiger partial charge in [-0.1, -0.05) is 42.5 Å². The molecule has 0 radical (unpaired) electrons. The molecule has 2 heterocycles. The molecule has 0 amide bonds. The highest BCUT2D eigenvalue weighted by molar-refractivity contribution is 7.90. The van der Waals surface area contributed by atoms with Gasteiger partial charge in [0.15, 0.2) is 0 Å². The Balaban J connectivity index is 2.08. The Hall–Kier alpha value is -2.37. The maximum absolute atomic E-state index is 13.2. The molecule has 3 nitrogen and oxygen atoms in total. The van der Waals surface area contributed by atoms with Crippen LogP contribution in [0.3, 0.4) is 0 Å². The van der Waals surface area contributed by atoms with Crippen LogP contribution in [0.15, 0.2) is 83.1 Å². The molecule has 0 atom stereocenters. The number of hydrogen-bond donors (Lipinski definition) is 0. The summed E-state index contributed by atoms with van der Waals surface area (Å²) in [5.41, 5.74) is 1.39. The summed E-state index contributed by atoms with van der Waals surface area (Å²) in [6.07, 6.45) is 0. The van der Waals surface area contributed by atoms with E-state index in [9.17, 15) is 8.42 Å². The molecule has 23 heavy (non-hydrogen) atoms. The average Bonchev–Trinajstić information content (AvgIpc) is 3.23. The van der Waals surface area contributed by atoms with Crippen molar-refractivity contribution in [2.45, 2.75) is 4.90 Å². The maximum atomic E-state index is 13.2. The van der Waals surface area contributed by atoms with E-state index < -0.39 is 10.0 Å². The first-order valence-electron chi connectivity index (χ1n) is 7.13. The van der Waals surface area contributed by atoms with Crippen molar-refractivity contribution >= 4 is 32.3 Å². The zero-order valence-corrected chi connectivity index (χ0v) is 13.7. The molecule has 0 spiro atoms. The van der Waals surface area contributed by atoms with Crippen molar-refractivity contribution in [3.05, 3.63) is 78.2 Å². The van der Waals surface area contributed by atoms with Gasteiger partial charge >= 0.3 is 0 Å². The van der Waals surface area contributed by atoms with Crippen molar-refractivity contribution in [2.75, 3.05) is 0 Å². The molecule has 0 bridgehead atoms. The number of fused-ring (bicyclic) bond motifs is 1. The second kappa shape index (κ2) is 5.37. The van der Waals surface area contributed by atoms with Gasteiger partial charge in [0.25, 0.3) is 10.0 Å². The Morgan fingerprint density at radius 3 is 2.30 bits per heavy atom. The molecule has 0 unspecified atom stereocenters. The number of para-hydroxylation sites is 1. The molecule has 0 aliphatic heterocycles. The van der Waals surface area contributed by atoms with Gasteiger partial charge in [-0.25, -0.2) is 12.4 Å². The molecule has 0 saturated heterocycles. The lowest BCUT2D eigenvalue weighted by Gasteiger charge is -2.11. The van der Waals surface area contributed by atoms with Crippen LogP contribution in [0, 0.1) is 0 Å². The molecule has 4 rings (SSSR count). The summed E-state index contributed by atoms with van der Waals surface area (Å²) in [4.78, 5) is 1.22. The molecule has 0 fully saturated rings. The highest BCUT2D eigenvalue weighted by Gasteiger charge is 2.23. The number of rotatable bonds is 3. The van der Waals surface area contributed by atoms with E-state index in [1.807, 2.05) is 53.9 Å². The molecule has 114 valence electrons. The fraction of sp³-hybridized carbons (Fsp3) is 0. The Bertz CT molecular complexity index is 1060. The Kier molecular flexibility index (Phi) is 3.32. The highest BCUT2D eigenvalue weighted by Crippen LogP contribution is 2.34. The molecular weight excluding hydrogens is 326 g/mol. The summed E-state index contributed by atoms with van der Waals surface area (Å²) in [5.74, 6) is 0. The first kappa shape index (κ1) is 14.2. The average molecular weight is 339 g/mol. The topological polar surface area (TPSA) is 39.1 Å². The molecule has 5 heteroatoms. The van der Waals surface area contributed by atoms with Crippen LogP contribution in [0.2, 0.25) is 0 Å². The number of benzene rings is 2. The van der Waals surface area contributed by atoms with Crippen LogP contribution in [0.5, 0.6) is 0 Å². The van der Waals surface area contributed by atoms with Crippen LogP contribution < -0.4 is 0 Å². The lowest BCUT2D eigenvalue weighted by Crippen LogP contribution is -2.13. The molecule has 0 aliphatic rings. The molecular formula is C18H13NO2S2. The van der Waals surface area contributed by atoms with E-state index in [2.05, 4.69) is 0 Å². The van der Waals surface area contributed by atoms with Gasteiger partial charge in [0.05, 0.1) is 21.0 Å². The predicted molar refractivity (Wildman–Crippen MR) is 94.3 cm³/mol. The zero-order chi connectivity index (χ0) is 15.9. The fourth-order valence-corrected chi connectivity index (χ4v) is 5.02. The lowest BCUT2D eigenvalue weighted by atomic mass is 10.2. The van der Waals surface area contributed by atoms with E-state index in [0.29, 0.717) is 16.1 Å². The third-order valence-electron chi connectivity index (χ3n) is 3.72. The van der Waals surface area contributed by atoms with Gasteiger partial charge in [0, 0.05) is 5.39 Å². The summed E-state index contributed by atoms with van der Waals surface area (Å²) >= 11 is 1.53. The molecule has 0 N–H and O–H groups in total. The van der Waals surface area contributed by atoms with Crippen LogP contribution in [-0.2, 0) is 10.0 Å².